The summed E-state index contributed by atoms with van der Waals surface area (Å²) in [5.41, 5.74) is 23.9. The van der Waals surface area contributed by atoms with Crippen molar-refractivity contribution in [1.29, 1.82) is 0 Å². The van der Waals surface area contributed by atoms with Crippen LogP contribution in [0.3, 0.4) is 0 Å². The van der Waals surface area contributed by atoms with E-state index in [9.17, 15) is 0 Å². The fourth-order valence-electron chi connectivity index (χ4n) is 9.77. The van der Waals surface area contributed by atoms with Crippen LogP contribution in [0.25, 0.3) is 44.2 Å². The van der Waals surface area contributed by atoms with Gasteiger partial charge in [0.05, 0.1) is 0 Å². The lowest BCUT2D eigenvalue weighted by Crippen LogP contribution is -2.15. The molecule has 0 bridgehead atoms. The molecule has 0 spiro atoms. The van der Waals surface area contributed by atoms with Gasteiger partial charge in [-0.2, -0.15) is 0 Å². The molecule has 1 nitrogen and oxygen atoms in total. The second-order valence-electron chi connectivity index (χ2n) is 19.0. The number of hydrogen-bond donors (Lipinski definition) is 0. The van der Waals surface area contributed by atoms with Crippen molar-refractivity contribution >= 4 is 33.1 Å². The van der Waals surface area contributed by atoms with Crippen molar-refractivity contribution in [3.05, 3.63) is 237 Å². The molecule has 3 aliphatic carbocycles. The third kappa shape index (κ3) is 14.2. The summed E-state index contributed by atoms with van der Waals surface area (Å²) >= 11 is 0. The largest absolute Gasteiger partial charge is 0.456 e. The van der Waals surface area contributed by atoms with E-state index in [-0.39, 0.29) is 5.41 Å². The quantitative estimate of drug-likeness (QED) is 0.120. The third-order valence-corrected chi connectivity index (χ3v) is 13.6. The standard InChI is InChI=1S/C23H22O.C22H26.C13H14.C7H8.2C2H6.C2H2/c1-14-11-15(2)13-21(16(3)12-14)18-9-10-20-19-7-5-6-8-22(19)24-23(20)17(18)4;1-6-15-9-11-18-19-14-17(16(7-2)8-3)10-12-20(19)22(4,5)21(18)13-15;1-11-7-9-13(10-8-11)12-5-3-2-4-6-12;1-7-5-3-2-4-6-7;3*1-2/h5-10,12-13H,11H2,1-4H3;7,9-14,16H,2,6,8H2,1,3-5H3;3,5-10H,2,4H2,1H3;2-6H,1H3;2*1-2H3;1-2H. The van der Waals surface area contributed by atoms with E-state index in [1.807, 2.05) is 58.0 Å². The second kappa shape index (κ2) is 28.2. The summed E-state index contributed by atoms with van der Waals surface area (Å²) in [7, 11) is 0. The third-order valence-electron chi connectivity index (χ3n) is 13.6. The number of aryl methyl sites for hydroxylation is 4. The minimum atomic E-state index is 0.101. The van der Waals surface area contributed by atoms with E-state index < -0.39 is 0 Å². The minimum absolute atomic E-state index is 0.101. The highest BCUT2D eigenvalue weighted by molar-refractivity contribution is 6.07. The molecule has 1 atom stereocenters. The Kier molecular flexibility index (Phi) is 22.6. The highest BCUT2D eigenvalue weighted by Crippen LogP contribution is 2.50. The number of rotatable bonds is 6. The lowest BCUT2D eigenvalue weighted by atomic mass is 9.81. The number of terminal acetylenes is 1. The first kappa shape index (κ1) is 57.7. The summed E-state index contributed by atoms with van der Waals surface area (Å²) in [6.45, 7) is 34.1. The van der Waals surface area contributed by atoms with E-state index >= 15 is 0 Å². The first-order valence-corrected chi connectivity index (χ1v) is 26.5. The van der Waals surface area contributed by atoms with Crippen molar-refractivity contribution in [3.8, 4) is 24.0 Å². The van der Waals surface area contributed by atoms with Gasteiger partial charge in [-0.1, -0.05) is 229 Å². The van der Waals surface area contributed by atoms with Crippen molar-refractivity contribution in [2.24, 2.45) is 0 Å². The van der Waals surface area contributed by atoms with Crippen LogP contribution in [0.4, 0.5) is 0 Å². The number of hydrogen-bond acceptors (Lipinski definition) is 1. The molecule has 0 radical (unpaired) electrons. The Labute approximate surface area is 436 Å². The van der Waals surface area contributed by atoms with Crippen LogP contribution in [0.15, 0.2) is 192 Å². The molecule has 0 N–H and O–H groups in total. The average Bonchev–Trinajstić information content (AvgIpc) is 3.86. The van der Waals surface area contributed by atoms with Crippen molar-refractivity contribution < 1.29 is 4.42 Å². The molecule has 0 saturated carbocycles. The molecule has 0 saturated heterocycles. The Morgan fingerprint density at radius 2 is 1.28 bits per heavy atom. The molecule has 1 unspecified atom stereocenters. The molecule has 6 aromatic carbocycles. The highest BCUT2D eigenvalue weighted by Gasteiger charge is 2.35. The molecule has 72 heavy (non-hydrogen) atoms. The molecule has 1 aromatic heterocycles. The number of furan rings is 1. The zero-order chi connectivity index (χ0) is 53.0. The van der Waals surface area contributed by atoms with Crippen LogP contribution < -0.4 is 0 Å². The first-order chi connectivity index (χ1) is 34.8. The molecular weight excluding hydrogens is 869 g/mol. The topological polar surface area (TPSA) is 13.1 Å². The summed E-state index contributed by atoms with van der Waals surface area (Å²) in [6, 6.07) is 45.7. The number of allylic oxidation sites excluding steroid dienone is 11. The summed E-state index contributed by atoms with van der Waals surface area (Å²) in [5.74, 6) is 0.451. The summed E-state index contributed by atoms with van der Waals surface area (Å²) in [5, 5.41) is 2.39. The van der Waals surface area contributed by atoms with Gasteiger partial charge in [0.25, 0.3) is 0 Å². The zero-order valence-corrected chi connectivity index (χ0v) is 46.5. The molecule has 1 heteroatoms. The van der Waals surface area contributed by atoms with Gasteiger partial charge in [0.2, 0.25) is 0 Å². The Morgan fingerprint density at radius 1 is 0.639 bits per heavy atom. The van der Waals surface area contributed by atoms with Crippen LogP contribution in [-0.4, -0.2) is 0 Å². The van der Waals surface area contributed by atoms with Gasteiger partial charge in [-0.05, 0) is 147 Å². The Morgan fingerprint density at radius 3 is 1.89 bits per heavy atom. The number of benzene rings is 6. The van der Waals surface area contributed by atoms with E-state index in [0.29, 0.717) is 5.92 Å². The van der Waals surface area contributed by atoms with Crippen LogP contribution in [0.1, 0.15) is 158 Å². The molecule has 7 aromatic rings. The van der Waals surface area contributed by atoms with Gasteiger partial charge in [0.15, 0.2) is 0 Å². The monoisotopic (exact) mass is 953 g/mol. The molecule has 3 aliphatic rings. The van der Waals surface area contributed by atoms with E-state index in [0.717, 1.165) is 30.4 Å². The fraction of sp³-hybridized carbons (Fsp3) is 0.296. The van der Waals surface area contributed by atoms with Gasteiger partial charge >= 0.3 is 0 Å². The first-order valence-electron chi connectivity index (χ1n) is 26.5. The average molecular weight is 953 g/mol. The second-order valence-corrected chi connectivity index (χ2v) is 19.0. The van der Waals surface area contributed by atoms with Gasteiger partial charge < -0.3 is 4.42 Å². The number of para-hydroxylation sites is 1. The lowest BCUT2D eigenvalue weighted by Gasteiger charge is -2.22. The zero-order valence-electron chi connectivity index (χ0n) is 46.5. The molecule has 374 valence electrons. The Balaban J connectivity index is 0.000000215. The van der Waals surface area contributed by atoms with E-state index in [1.54, 1.807) is 0 Å². The van der Waals surface area contributed by atoms with Crippen molar-refractivity contribution in [1.82, 2.24) is 0 Å². The smallest absolute Gasteiger partial charge is 0.138 e. The Hall–Kier alpha value is -6.88. The van der Waals surface area contributed by atoms with Gasteiger partial charge in [-0.15, -0.1) is 19.4 Å². The molecule has 1 heterocycles. The molecular formula is C71H84O. The Bertz CT molecular complexity index is 3040. The maximum absolute atomic E-state index is 6.17. The van der Waals surface area contributed by atoms with Crippen LogP contribution in [0.5, 0.6) is 0 Å². The number of fused-ring (bicyclic) bond motifs is 6. The summed E-state index contributed by atoms with van der Waals surface area (Å²) in [4.78, 5) is 0. The maximum Gasteiger partial charge on any atom is 0.138 e. The molecule has 10 rings (SSSR count). The highest BCUT2D eigenvalue weighted by atomic mass is 16.3. The van der Waals surface area contributed by atoms with Crippen LogP contribution >= 0.6 is 0 Å². The van der Waals surface area contributed by atoms with Gasteiger partial charge in [-0.3, -0.25) is 0 Å². The van der Waals surface area contributed by atoms with Crippen LogP contribution in [0, 0.1) is 33.6 Å². The molecule has 0 fully saturated rings. The predicted octanol–water partition coefficient (Wildman–Crippen LogP) is 21.2. The van der Waals surface area contributed by atoms with Crippen molar-refractivity contribution in [3.63, 3.8) is 0 Å². The maximum atomic E-state index is 6.17. The van der Waals surface area contributed by atoms with Crippen LogP contribution in [-0.2, 0) is 11.8 Å². The van der Waals surface area contributed by atoms with Gasteiger partial charge in [-0.25, -0.2) is 0 Å². The minimum Gasteiger partial charge on any atom is -0.456 e. The molecule has 0 aliphatic heterocycles. The van der Waals surface area contributed by atoms with E-state index in [1.165, 1.54) is 113 Å². The van der Waals surface area contributed by atoms with Crippen molar-refractivity contribution in [2.45, 2.75) is 140 Å². The summed E-state index contributed by atoms with van der Waals surface area (Å²) in [6.07, 6.45) is 27.1. The van der Waals surface area contributed by atoms with Gasteiger partial charge in [0.1, 0.15) is 11.2 Å². The summed E-state index contributed by atoms with van der Waals surface area (Å²) < 4.78 is 6.17. The SMILES string of the molecule is C#C.C=CC(CC)c1ccc2c(c1)-c1ccc(CC)cc1C2(C)C.CC.CC.CC1=CC(C)=C(c2ccc3c(oc4ccccc43)c2C)C=C(C)C1.Cc1ccc(C2=CCCC=C2)cc1.Cc1ccccc1. The van der Waals surface area contributed by atoms with E-state index in [4.69, 9.17) is 4.42 Å². The fourth-order valence-corrected chi connectivity index (χ4v) is 9.77. The molecule has 0 amide bonds. The van der Waals surface area contributed by atoms with Crippen molar-refractivity contribution in [2.75, 3.05) is 0 Å². The predicted molar refractivity (Wildman–Crippen MR) is 321 cm³/mol. The van der Waals surface area contributed by atoms with E-state index in [2.05, 4.69) is 222 Å². The lowest BCUT2D eigenvalue weighted by molar-refractivity contribution is 0.658. The van der Waals surface area contributed by atoms with Gasteiger partial charge in [0, 0.05) is 27.7 Å². The van der Waals surface area contributed by atoms with Crippen LogP contribution in [0.2, 0.25) is 0 Å². The normalized spacial score (nSPS) is 14.0.